The number of hydrogen-bond acceptors (Lipinski definition) is 4. The first-order chi connectivity index (χ1) is 8.65. The number of aromatic nitrogens is 2. The second-order valence-corrected chi connectivity index (χ2v) is 4.87. The average Bonchev–Trinajstić information content (AvgIpc) is 2.41. The van der Waals surface area contributed by atoms with Gasteiger partial charge in [-0.3, -0.25) is 19.6 Å². The summed E-state index contributed by atoms with van der Waals surface area (Å²) in [6.45, 7) is 0. The van der Waals surface area contributed by atoms with Crippen LogP contribution < -0.4 is 0 Å². The minimum Gasteiger partial charge on any atom is -0.296 e. The summed E-state index contributed by atoms with van der Waals surface area (Å²) < 4.78 is 1.77. The fourth-order valence-electron chi connectivity index (χ4n) is 0.914. The first-order valence-corrected chi connectivity index (χ1v) is 6.38. The van der Waals surface area contributed by atoms with Crippen LogP contribution >= 0.6 is 31.9 Å². The van der Waals surface area contributed by atoms with E-state index in [9.17, 15) is 9.59 Å². The maximum absolute atomic E-state index is 10.0. The molecule has 4 nitrogen and oxygen atoms in total. The predicted molar refractivity (Wildman–Crippen MR) is 74.6 cm³/mol. The Hall–Kier alpha value is -1.40. The molecule has 6 heteroatoms. The quantitative estimate of drug-likeness (QED) is 0.760. The van der Waals surface area contributed by atoms with Crippen molar-refractivity contribution in [1.82, 2.24) is 9.97 Å². The van der Waals surface area contributed by atoms with Gasteiger partial charge in [0.2, 0.25) is 0 Å². The molecule has 0 N–H and O–H groups in total. The number of hydrogen-bond donors (Lipinski definition) is 0. The molecule has 0 aliphatic carbocycles. The molecule has 0 amide bonds. The highest BCUT2D eigenvalue weighted by atomic mass is 79.9. The number of carbonyl (C=O) groups excluding carboxylic acids is 2. The highest BCUT2D eigenvalue weighted by Gasteiger charge is 1.88. The molecular weight excluding hydrogens is 364 g/mol. The Balaban J connectivity index is 0.000000180. The molecule has 0 bridgehead atoms. The highest BCUT2D eigenvalue weighted by Crippen LogP contribution is 2.06. The zero-order valence-corrected chi connectivity index (χ0v) is 12.3. The van der Waals surface area contributed by atoms with Gasteiger partial charge in [-0.05, 0) is 56.1 Å². The molecule has 0 fully saturated rings. The Morgan fingerprint density at radius 3 is 1.39 bits per heavy atom. The molecule has 0 aliphatic rings. The molecule has 0 aromatic carbocycles. The van der Waals surface area contributed by atoms with E-state index in [1.807, 2.05) is 0 Å². The van der Waals surface area contributed by atoms with E-state index < -0.39 is 0 Å². The largest absolute Gasteiger partial charge is 0.296 e. The van der Waals surface area contributed by atoms with Crippen LogP contribution in [0.2, 0.25) is 0 Å². The van der Waals surface area contributed by atoms with Crippen molar-refractivity contribution in [2.75, 3.05) is 0 Å². The molecule has 0 unspecified atom stereocenters. The van der Waals surface area contributed by atoms with E-state index in [1.54, 1.807) is 36.7 Å². The molecule has 0 aliphatic heterocycles. The number of nitrogens with zero attached hydrogens (tertiary/aromatic N) is 2. The Morgan fingerprint density at radius 1 is 0.778 bits per heavy atom. The number of pyridine rings is 2. The molecular formula is C12H8Br2N2O2. The highest BCUT2D eigenvalue weighted by molar-refractivity contribution is 9.10. The van der Waals surface area contributed by atoms with Gasteiger partial charge in [-0.25, -0.2) is 0 Å². The summed E-state index contributed by atoms with van der Waals surface area (Å²) >= 11 is 6.39. The van der Waals surface area contributed by atoms with Crippen molar-refractivity contribution in [3.8, 4) is 0 Å². The van der Waals surface area contributed by atoms with Crippen LogP contribution in [0, 0.1) is 0 Å². The maximum Gasteiger partial charge on any atom is 0.168 e. The second-order valence-electron chi connectivity index (χ2n) is 3.04. The molecule has 0 saturated carbocycles. The van der Waals surface area contributed by atoms with Gasteiger partial charge in [0.05, 0.1) is 0 Å². The van der Waals surface area contributed by atoms with Gasteiger partial charge in [0.1, 0.15) is 11.4 Å². The molecule has 0 radical (unpaired) electrons. The van der Waals surface area contributed by atoms with Gasteiger partial charge in [-0.15, -0.1) is 0 Å². The first-order valence-electron chi connectivity index (χ1n) is 4.79. The molecule has 0 spiro atoms. The van der Waals surface area contributed by atoms with Crippen molar-refractivity contribution in [2.24, 2.45) is 0 Å². The van der Waals surface area contributed by atoms with Gasteiger partial charge in [0.25, 0.3) is 0 Å². The fourth-order valence-corrected chi connectivity index (χ4v) is 1.38. The van der Waals surface area contributed by atoms with E-state index in [2.05, 4.69) is 41.8 Å². The van der Waals surface area contributed by atoms with Crippen molar-refractivity contribution in [3.05, 3.63) is 57.0 Å². The third-order valence-corrected chi connectivity index (χ3v) is 2.68. The predicted octanol–water partition coefficient (Wildman–Crippen LogP) is 3.31. The van der Waals surface area contributed by atoms with E-state index in [0.29, 0.717) is 24.0 Å². The lowest BCUT2D eigenvalue weighted by atomic mass is 10.4. The molecule has 0 atom stereocenters. The molecule has 0 saturated heterocycles. The van der Waals surface area contributed by atoms with Crippen LogP contribution in [-0.4, -0.2) is 22.5 Å². The van der Waals surface area contributed by atoms with Crippen molar-refractivity contribution in [3.63, 3.8) is 0 Å². The summed E-state index contributed by atoms with van der Waals surface area (Å²) in [5.74, 6) is 0. The maximum atomic E-state index is 10.0. The van der Waals surface area contributed by atoms with Crippen molar-refractivity contribution in [1.29, 1.82) is 0 Å². The van der Waals surface area contributed by atoms with Gasteiger partial charge in [0, 0.05) is 21.3 Å². The molecule has 18 heavy (non-hydrogen) atoms. The van der Waals surface area contributed by atoms with E-state index in [0.717, 1.165) is 8.95 Å². The van der Waals surface area contributed by atoms with Gasteiger partial charge < -0.3 is 0 Å². The number of aldehydes is 2. The Labute approximate surface area is 121 Å². The van der Waals surface area contributed by atoms with Crippen LogP contribution in [-0.2, 0) is 0 Å². The van der Waals surface area contributed by atoms with Gasteiger partial charge in [-0.1, -0.05) is 0 Å². The molecule has 2 aromatic heterocycles. The second kappa shape index (κ2) is 7.84. The zero-order chi connectivity index (χ0) is 13.4. The lowest BCUT2D eigenvalue weighted by molar-refractivity contribution is 0.111. The normalized spacial score (nSPS) is 9.00. The third kappa shape index (κ3) is 5.29. The summed E-state index contributed by atoms with van der Waals surface area (Å²) in [6.07, 6.45) is 4.60. The van der Waals surface area contributed by atoms with E-state index in [4.69, 9.17) is 0 Å². The van der Waals surface area contributed by atoms with Gasteiger partial charge >= 0.3 is 0 Å². The summed E-state index contributed by atoms with van der Waals surface area (Å²) in [4.78, 5) is 27.6. The molecule has 92 valence electrons. The summed E-state index contributed by atoms with van der Waals surface area (Å²) in [6, 6.07) is 6.85. The van der Waals surface area contributed by atoms with Crippen LogP contribution in [0.1, 0.15) is 21.0 Å². The minimum absolute atomic E-state index is 0.457. The lowest BCUT2D eigenvalue weighted by Gasteiger charge is -1.87. The average molecular weight is 372 g/mol. The summed E-state index contributed by atoms with van der Waals surface area (Å²) in [5.41, 5.74) is 0.913. The standard InChI is InChI=1S/2C6H4BrNO/c2*7-5-1-2-6(4-9)8-3-5/h2*1-4H. The van der Waals surface area contributed by atoms with Crippen LogP contribution in [0.15, 0.2) is 45.6 Å². The lowest BCUT2D eigenvalue weighted by Crippen LogP contribution is -1.82. The number of halogens is 2. The molecule has 2 rings (SSSR count). The van der Waals surface area contributed by atoms with Gasteiger partial charge in [-0.2, -0.15) is 0 Å². The fraction of sp³-hybridized carbons (Fsp3) is 0. The summed E-state index contributed by atoms with van der Waals surface area (Å²) in [7, 11) is 0. The van der Waals surface area contributed by atoms with Crippen LogP contribution in [0.25, 0.3) is 0 Å². The first kappa shape index (κ1) is 14.7. The Kier molecular flexibility index (Phi) is 6.38. The summed E-state index contributed by atoms with van der Waals surface area (Å²) in [5, 5.41) is 0. The SMILES string of the molecule is O=Cc1ccc(Br)cn1.O=Cc1ccc(Br)cn1. The van der Waals surface area contributed by atoms with Crippen molar-refractivity contribution in [2.45, 2.75) is 0 Å². The van der Waals surface area contributed by atoms with E-state index in [1.165, 1.54) is 0 Å². The third-order valence-electron chi connectivity index (χ3n) is 1.74. The topological polar surface area (TPSA) is 59.9 Å². The van der Waals surface area contributed by atoms with Crippen LogP contribution in [0.4, 0.5) is 0 Å². The van der Waals surface area contributed by atoms with Gasteiger partial charge in [0.15, 0.2) is 12.6 Å². The van der Waals surface area contributed by atoms with Crippen molar-refractivity contribution >= 4 is 44.4 Å². The number of rotatable bonds is 2. The van der Waals surface area contributed by atoms with Crippen LogP contribution in [0.5, 0.6) is 0 Å². The Bertz CT molecular complexity index is 463. The molecule has 2 heterocycles. The Morgan fingerprint density at radius 2 is 1.17 bits per heavy atom. The minimum atomic E-state index is 0.457. The van der Waals surface area contributed by atoms with E-state index in [-0.39, 0.29) is 0 Å². The number of carbonyl (C=O) groups is 2. The smallest absolute Gasteiger partial charge is 0.168 e. The van der Waals surface area contributed by atoms with Crippen molar-refractivity contribution < 1.29 is 9.59 Å². The zero-order valence-electron chi connectivity index (χ0n) is 9.09. The van der Waals surface area contributed by atoms with E-state index >= 15 is 0 Å². The monoisotopic (exact) mass is 370 g/mol. The van der Waals surface area contributed by atoms with Crippen LogP contribution in [0.3, 0.4) is 0 Å². The molecule has 2 aromatic rings.